The van der Waals surface area contributed by atoms with Crippen LogP contribution in [0.1, 0.15) is 10.5 Å². The number of rotatable bonds is 5. The van der Waals surface area contributed by atoms with Gasteiger partial charge >= 0.3 is 0 Å². The number of anilines is 2. The van der Waals surface area contributed by atoms with Crippen LogP contribution in [0.2, 0.25) is 0 Å². The molecule has 0 spiro atoms. The van der Waals surface area contributed by atoms with Gasteiger partial charge in [0.2, 0.25) is 0 Å². The number of hydrogen-bond acceptors (Lipinski definition) is 6. The van der Waals surface area contributed by atoms with Crippen molar-refractivity contribution in [1.82, 2.24) is 4.98 Å². The highest BCUT2D eigenvalue weighted by atomic mass is 16.5. The average molecular weight is 288 g/mol. The summed E-state index contributed by atoms with van der Waals surface area (Å²) < 4.78 is 10.3. The molecule has 21 heavy (non-hydrogen) atoms. The first-order chi connectivity index (χ1) is 10.2. The average Bonchev–Trinajstić information content (AvgIpc) is 2.54. The number of nitrogen functional groups attached to an aromatic ring is 1. The number of aromatic nitrogens is 1. The van der Waals surface area contributed by atoms with Crippen molar-refractivity contribution < 1.29 is 14.3 Å². The normalized spacial score (nSPS) is 9.86. The highest BCUT2D eigenvalue weighted by molar-refractivity contribution is 6.03. The number of benzene rings is 1. The molecule has 0 aliphatic rings. The lowest BCUT2D eigenvalue weighted by molar-refractivity contribution is 0.102. The molecular weight excluding hydrogens is 272 g/mol. The van der Waals surface area contributed by atoms with Crippen molar-refractivity contribution in [3.63, 3.8) is 0 Å². The van der Waals surface area contributed by atoms with Crippen LogP contribution in [0, 0.1) is 0 Å². The maximum atomic E-state index is 12.1. The molecule has 1 aromatic carbocycles. The van der Waals surface area contributed by atoms with Crippen molar-refractivity contribution in [1.29, 1.82) is 0 Å². The van der Waals surface area contributed by atoms with E-state index >= 15 is 0 Å². The van der Waals surface area contributed by atoms with E-state index in [-0.39, 0.29) is 11.6 Å². The number of nitrogens with two attached hydrogens (primary N) is 1. The van der Waals surface area contributed by atoms with E-state index in [0.29, 0.717) is 23.0 Å². The molecule has 2 aromatic rings. The quantitative estimate of drug-likeness (QED) is 0.571. The number of hydrazine groups is 1. The van der Waals surface area contributed by atoms with Crippen molar-refractivity contribution in [2.75, 3.05) is 25.0 Å². The summed E-state index contributed by atoms with van der Waals surface area (Å²) >= 11 is 0. The number of ether oxygens (including phenoxy) is 2. The van der Waals surface area contributed by atoms with Crippen molar-refractivity contribution in [2.24, 2.45) is 5.84 Å². The van der Waals surface area contributed by atoms with Crippen LogP contribution in [0.3, 0.4) is 0 Å². The first kappa shape index (κ1) is 14.6. The van der Waals surface area contributed by atoms with Crippen LogP contribution >= 0.6 is 0 Å². The first-order valence-corrected chi connectivity index (χ1v) is 6.15. The highest BCUT2D eigenvalue weighted by Gasteiger charge is 2.10. The fraction of sp³-hybridized carbons (Fsp3) is 0.143. The standard InChI is InChI=1S/C14H16N4O3/c1-20-11-7-6-9(8-12(11)21-2)16-14(19)10-4-3-5-13(17-10)18-15/h3-8H,15H2,1-2H3,(H,16,19)(H,17,18). The van der Waals surface area contributed by atoms with Crippen LogP contribution < -0.4 is 26.1 Å². The molecule has 0 saturated heterocycles. The van der Waals surface area contributed by atoms with Gasteiger partial charge in [0.15, 0.2) is 11.5 Å². The Balaban J connectivity index is 2.19. The van der Waals surface area contributed by atoms with Gasteiger partial charge < -0.3 is 20.2 Å². The van der Waals surface area contributed by atoms with E-state index in [9.17, 15) is 4.79 Å². The number of pyridine rings is 1. The summed E-state index contributed by atoms with van der Waals surface area (Å²) in [5.41, 5.74) is 3.22. The van der Waals surface area contributed by atoms with Crippen LogP contribution in [0.15, 0.2) is 36.4 Å². The van der Waals surface area contributed by atoms with E-state index in [4.69, 9.17) is 15.3 Å². The molecule has 0 bridgehead atoms. The smallest absolute Gasteiger partial charge is 0.274 e. The minimum absolute atomic E-state index is 0.250. The van der Waals surface area contributed by atoms with Crippen LogP contribution in [-0.2, 0) is 0 Å². The highest BCUT2D eigenvalue weighted by Crippen LogP contribution is 2.29. The van der Waals surface area contributed by atoms with Crippen molar-refractivity contribution in [3.05, 3.63) is 42.1 Å². The third-order valence-electron chi connectivity index (χ3n) is 2.77. The van der Waals surface area contributed by atoms with Gasteiger partial charge in [-0.3, -0.25) is 4.79 Å². The van der Waals surface area contributed by atoms with E-state index in [0.717, 1.165) is 0 Å². The molecule has 0 aliphatic heterocycles. The molecule has 0 fully saturated rings. The van der Waals surface area contributed by atoms with Gasteiger partial charge in [0, 0.05) is 11.8 Å². The molecular formula is C14H16N4O3. The number of carbonyl (C=O) groups excluding carboxylic acids is 1. The van der Waals surface area contributed by atoms with Crippen molar-refractivity contribution in [3.8, 4) is 11.5 Å². The molecule has 0 unspecified atom stereocenters. The van der Waals surface area contributed by atoms with Gasteiger partial charge in [-0.25, -0.2) is 10.8 Å². The molecule has 0 aliphatic carbocycles. The Hall–Kier alpha value is -2.80. The van der Waals surface area contributed by atoms with Gasteiger partial charge in [-0.2, -0.15) is 0 Å². The zero-order valence-corrected chi connectivity index (χ0v) is 11.7. The van der Waals surface area contributed by atoms with E-state index in [1.165, 1.54) is 7.11 Å². The summed E-state index contributed by atoms with van der Waals surface area (Å²) in [6.07, 6.45) is 0. The number of nitrogens with one attached hydrogen (secondary N) is 2. The largest absolute Gasteiger partial charge is 0.493 e. The Kier molecular flexibility index (Phi) is 4.57. The molecule has 1 amide bonds. The summed E-state index contributed by atoms with van der Waals surface area (Å²) in [4.78, 5) is 16.2. The summed E-state index contributed by atoms with van der Waals surface area (Å²) in [7, 11) is 3.08. The van der Waals surface area contributed by atoms with Gasteiger partial charge in [-0.05, 0) is 24.3 Å². The second kappa shape index (κ2) is 6.58. The molecule has 0 atom stereocenters. The van der Waals surface area contributed by atoms with E-state index in [1.807, 2.05) is 0 Å². The number of methoxy groups -OCH3 is 2. The fourth-order valence-corrected chi connectivity index (χ4v) is 1.75. The summed E-state index contributed by atoms with van der Waals surface area (Å²) in [6.45, 7) is 0. The molecule has 0 radical (unpaired) electrons. The lowest BCUT2D eigenvalue weighted by Crippen LogP contribution is -2.16. The van der Waals surface area contributed by atoms with Gasteiger partial charge in [-0.15, -0.1) is 0 Å². The van der Waals surface area contributed by atoms with E-state index in [2.05, 4.69) is 15.7 Å². The molecule has 4 N–H and O–H groups in total. The van der Waals surface area contributed by atoms with Gasteiger partial charge in [0.05, 0.1) is 14.2 Å². The first-order valence-electron chi connectivity index (χ1n) is 6.15. The zero-order chi connectivity index (χ0) is 15.2. The Morgan fingerprint density at radius 3 is 2.57 bits per heavy atom. The Bertz CT molecular complexity index is 646. The number of nitrogens with zero attached hydrogens (tertiary/aromatic N) is 1. The zero-order valence-electron chi connectivity index (χ0n) is 11.7. The second-order valence-electron chi connectivity index (χ2n) is 4.08. The number of hydrogen-bond donors (Lipinski definition) is 3. The Labute approximate surface area is 122 Å². The topological polar surface area (TPSA) is 98.5 Å². The maximum absolute atomic E-state index is 12.1. The lowest BCUT2D eigenvalue weighted by Gasteiger charge is -2.10. The SMILES string of the molecule is COc1ccc(NC(=O)c2cccc(NN)n2)cc1OC. The maximum Gasteiger partial charge on any atom is 0.274 e. The van der Waals surface area contributed by atoms with Gasteiger partial charge in [0.1, 0.15) is 11.5 Å². The summed E-state index contributed by atoms with van der Waals surface area (Å²) in [5.74, 6) is 6.45. The second-order valence-corrected chi connectivity index (χ2v) is 4.08. The molecule has 7 nitrogen and oxygen atoms in total. The van der Waals surface area contributed by atoms with Crippen LogP contribution in [-0.4, -0.2) is 25.1 Å². The molecule has 2 rings (SSSR count). The summed E-state index contributed by atoms with van der Waals surface area (Å²) in [6, 6.07) is 10.0. The van der Waals surface area contributed by atoms with Crippen molar-refractivity contribution >= 4 is 17.4 Å². The molecule has 110 valence electrons. The van der Waals surface area contributed by atoms with Crippen molar-refractivity contribution in [2.45, 2.75) is 0 Å². The predicted molar refractivity (Wildman–Crippen MR) is 79.5 cm³/mol. The molecule has 7 heteroatoms. The molecule has 0 saturated carbocycles. The third kappa shape index (κ3) is 3.40. The van der Waals surface area contributed by atoms with Gasteiger partial charge in [0.25, 0.3) is 5.91 Å². The lowest BCUT2D eigenvalue weighted by atomic mass is 10.2. The van der Waals surface area contributed by atoms with E-state index in [1.54, 1.807) is 43.5 Å². The van der Waals surface area contributed by atoms with Crippen LogP contribution in [0.4, 0.5) is 11.5 Å². The van der Waals surface area contributed by atoms with Crippen LogP contribution in [0.25, 0.3) is 0 Å². The van der Waals surface area contributed by atoms with E-state index < -0.39 is 0 Å². The fourth-order valence-electron chi connectivity index (χ4n) is 1.75. The predicted octanol–water partition coefficient (Wildman–Crippen LogP) is 1.64. The monoisotopic (exact) mass is 288 g/mol. The minimum atomic E-state index is -0.348. The molecule has 1 aromatic heterocycles. The van der Waals surface area contributed by atoms with Crippen LogP contribution in [0.5, 0.6) is 11.5 Å². The number of carbonyl (C=O) groups is 1. The Morgan fingerprint density at radius 1 is 1.14 bits per heavy atom. The summed E-state index contributed by atoms with van der Waals surface area (Å²) in [5, 5.41) is 2.73. The molecule has 1 heterocycles. The Morgan fingerprint density at radius 2 is 1.90 bits per heavy atom. The minimum Gasteiger partial charge on any atom is -0.493 e. The third-order valence-corrected chi connectivity index (χ3v) is 2.77. The van der Waals surface area contributed by atoms with Gasteiger partial charge in [-0.1, -0.05) is 6.07 Å². The number of amides is 1.